The molecule has 0 aliphatic rings. The van der Waals surface area contributed by atoms with Crippen LogP contribution in [0.3, 0.4) is 0 Å². The van der Waals surface area contributed by atoms with Gasteiger partial charge in [-0.3, -0.25) is 19.6 Å². The minimum atomic E-state index is -0.474. The Labute approximate surface area is 143 Å². The van der Waals surface area contributed by atoms with Gasteiger partial charge < -0.3 is 4.74 Å². The lowest BCUT2D eigenvalue weighted by molar-refractivity contribution is -0.130. The Kier molecular flexibility index (Phi) is 7.40. The third-order valence-electron chi connectivity index (χ3n) is 2.68. The van der Waals surface area contributed by atoms with Gasteiger partial charge in [0.05, 0.1) is 12.4 Å². The molecule has 0 aromatic carbocycles. The maximum atomic E-state index is 11.5. The second kappa shape index (κ2) is 10.3. The number of nitrogens with zero attached hydrogens (tertiary/aromatic N) is 4. The molecule has 0 aliphatic carbocycles. The Hall–Kier alpha value is -3.46. The van der Waals surface area contributed by atoms with E-state index in [1.54, 1.807) is 49.1 Å². The van der Waals surface area contributed by atoms with E-state index in [-0.39, 0.29) is 13.2 Å². The van der Waals surface area contributed by atoms with E-state index in [1.165, 1.54) is 12.4 Å². The predicted molar refractivity (Wildman–Crippen MR) is 90.8 cm³/mol. The number of pyridine rings is 2. The molecule has 25 heavy (non-hydrogen) atoms. The van der Waals surface area contributed by atoms with Crippen molar-refractivity contribution in [3.8, 4) is 0 Å². The highest BCUT2D eigenvalue weighted by Gasteiger charge is 2.03. The quantitative estimate of drug-likeness (QED) is 0.522. The molecule has 0 spiro atoms. The lowest BCUT2D eigenvalue weighted by atomic mass is 10.3. The zero-order valence-electron chi connectivity index (χ0n) is 13.2. The number of hydrogen-bond donors (Lipinski definition) is 2. The zero-order chi connectivity index (χ0) is 17.7. The van der Waals surface area contributed by atoms with Gasteiger partial charge in [-0.1, -0.05) is 0 Å². The fraction of sp³-hybridized carbons (Fsp3) is 0.125. The molecular formula is C16H16N6O3. The molecule has 0 aliphatic heterocycles. The van der Waals surface area contributed by atoms with Crippen molar-refractivity contribution in [2.75, 3.05) is 13.2 Å². The number of carbonyl (C=O) groups is 2. The number of ether oxygens (including phenoxy) is 1. The molecule has 0 radical (unpaired) electrons. The van der Waals surface area contributed by atoms with Gasteiger partial charge in [-0.15, -0.1) is 0 Å². The van der Waals surface area contributed by atoms with Crippen LogP contribution in [0.15, 0.2) is 59.3 Å². The third kappa shape index (κ3) is 7.57. The highest BCUT2D eigenvalue weighted by atomic mass is 16.5. The van der Waals surface area contributed by atoms with Gasteiger partial charge in [0.15, 0.2) is 0 Å². The highest BCUT2D eigenvalue weighted by molar-refractivity contribution is 5.84. The van der Waals surface area contributed by atoms with Gasteiger partial charge in [0, 0.05) is 24.8 Å². The molecule has 9 heteroatoms. The molecule has 0 bridgehead atoms. The first-order chi connectivity index (χ1) is 12.2. The largest absolute Gasteiger partial charge is 0.362 e. The normalized spacial score (nSPS) is 10.9. The van der Waals surface area contributed by atoms with Crippen LogP contribution in [-0.2, 0) is 14.3 Å². The monoisotopic (exact) mass is 340 g/mol. The summed E-state index contributed by atoms with van der Waals surface area (Å²) in [6.07, 6.45) is 9.40. The van der Waals surface area contributed by atoms with Crippen molar-refractivity contribution in [3.05, 3.63) is 60.2 Å². The van der Waals surface area contributed by atoms with Crippen molar-refractivity contribution in [1.82, 2.24) is 20.8 Å². The Morgan fingerprint density at radius 2 is 1.24 bits per heavy atom. The van der Waals surface area contributed by atoms with Crippen LogP contribution in [-0.4, -0.2) is 47.4 Å². The lowest BCUT2D eigenvalue weighted by Gasteiger charge is -2.02. The molecule has 0 saturated carbocycles. The molecule has 2 aromatic rings. The summed E-state index contributed by atoms with van der Waals surface area (Å²) >= 11 is 0. The average Bonchev–Trinajstić information content (AvgIpc) is 2.63. The molecule has 0 unspecified atom stereocenters. The first-order valence-corrected chi connectivity index (χ1v) is 7.25. The molecule has 128 valence electrons. The number of amides is 2. The summed E-state index contributed by atoms with van der Waals surface area (Å²) in [6, 6.07) is 6.96. The van der Waals surface area contributed by atoms with Gasteiger partial charge in [-0.05, 0) is 35.4 Å². The summed E-state index contributed by atoms with van der Waals surface area (Å²) in [7, 11) is 0. The summed E-state index contributed by atoms with van der Waals surface area (Å²) < 4.78 is 4.97. The van der Waals surface area contributed by atoms with Gasteiger partial charge in [0.1, 0.15) is 13.2 Å². The second-order valence-corrected chi connectivity index (χ2v) is 4.64. The predicted octanol–water partition coefficient (Wildman–Crippen LogP) is 0.0936. The van der Waals surface area contributed by atoms with Crippen LogP contribution in [0.25, 0.3) is 0 Å². The second-order valence-electron chi connectivity index (χ2n) is 4.64. The number of nitrogens with one attached hydrogen (secondary N) is 2. The highest BCUT2D eigenvalue weighted by Crippen LogP contribution is 1.91. The molecular weight excluding hydrogens is 324 g/mol. The number of carbonyl (C=O) groups excluding carboxylic acids is 2. The zero-order valence-corrected chi connectivity index (χ0v) is 13.2. The third-order valence-corrected chi connectivity index (χ3v) is 2.68. The standard InChI is InChI=1S/C16H16N6O3/c23-15(21-19-9-13-1-5-17-6-2-13)11-25-12-16(24)22-20-10-14-3-7-18-8-4-14/h1-10H,11-12H2,(H,21,23)(H,22,24). The van der Waals surface area contributed by atoms with Gasteiger partial charge in [0.2, 0.25) is 0 Å². The number of hydrazone groups is 2. The fourth-order valence-electron chi connectivity index (χ4n) is 1.56. The van der Waals surface area contributed by atoms with Crippen LogP contribution in [0, 0.1) is 0 Å². The van der Waals surface area contributed by atoms with E-state index >= 15 is 0 Å². The molecule has 2 heterocycles. The molecule has 2 N–H and O–H groups in total. The van der Waals surface area contributed by atoms with Crippen molar-refractivity contribution in [2.24, 2.45) is 10.2 Å². The lowest BCUT2D eigenvalue weighted by Crippen LogP contribution is -2.28. The summed E-state index contributed by atoms with van der Waals surface area (Å²) in [4.78, 5) is 30.7. The van der Waals surface area contributed by atoms with Gasteiger partial charge in [-0.2, -0.15) is 10.2 Å². The van der Waals surface area contributed by atoms with Crippen molar-refractivity contribution in [1.29, 1.82) is 0 Å². The molecule has 9 nitrogen and oxygen atoms in total. The van der Waals surface area contributed by atoms with E-state index < -0.39 is 11.8 Å². The maximum Gasteiger partial charge on any atom is 0.266 e. The van der Waals surface area contributed by atoms with Crippen molar-refractivity contribution in [2.45, 2.75) is 0 Å². The maximum absolute atomic E-state index is 11.5. The topological polar surface area (TPSA) is 118 Å². The van der Waals surface area contributed by atoms with E-state index in [0.29, 0.717) is 0 Å². The van der Waals surface area contributed by atoms with Crippen molar-refractivity contribution < 1.29 is 14.3 Å². The molecule has 2 amide bonds. The van der Waals surface area contributed by atoms with Gasteiger partial charge >= 0.3 is 0 Å². The fourth-order valence-corrected chi connectivity index (χ4v) is 1.56. The number of rotatable bonds is 8. The minimum absolute atomic E-state index is 0.296. The Balaban J connectivity index is 1.59. The number of hydrogen-bond acceptors (Lipinski definition) is 7. The average molecular weight is 340 g/mol. The molecule has 0 fully saturated rings. The first-order valence-electron chi connectivity index (χ1n) is 7.25. The summed E-state index contributed by atoms with van der Waals surface area (Å²) in [5, 5.41) is 7.52. The molecule has 2 rings (SSSR count). The van der Waals surface area contributed by atoms with Crippen LogP contribution < -0.4 is 10.9 Å². The van der Waals surface area contributed by atoms with Crippen LogP contribution in [0.4, 0.5) is 0 Å². The van der Waals surface area contributed by atoms with E-state index in [0.717, 1.165) is 11.1 Å². The van der Waals surface area contributed by atoms with Gasteiger partial charge in [0.25, 0.3) is 11.8 Å². The minimum Gasteiger partial charge on any atom is -0.362 e. The molecule has 2 aromatic heterocycles. The van der Waals surface area contributed by atoms with E-state index in [1.807, 2.05) is 0 Å². The first kappa shape index (κ1) is 17.9. The summed E-state index contributed by atoms with van der Waals surface area (Å²) in [5.74, 6) is -0.947. The van der Waals surface area contributed by atoms with Crippen LogP contribution >= 0.6 is 0 Å². The smallest absolute Gasteiger partial charge is 0.266 e. The molecule has 0 atom stereocenters. The van der Waals surface area contributed by atoms with Crippen molar-refractivity contribution in [3.63, 3.8) is 0 Å². The van der Waals surface area contributed by atoms with Crippen LogP contribution in [0.2, 0.25) is 0 Å². The Bertz CT molecular complexity index is 671. The SMILES string of the molecule is O=C(COCC(=O)NN=Cc1ccncc1)NN=Cc1ccncc1. The molecule has 0 saturated heterocycles. The number of aromatic nitrogens is 2. The van der Waals surface area contributed by atoms with E-state index in [4.69, 9.17) is 4.74 Å². The van der Waals surface area contributed by atoms with Gasteiger partial charge in [-0.25, -0.2) is 10.9 Å². The Morgan fingerprint density at radius 1 is 0.840 bits per heavy atom. The summed E-state index contributed by atoms with van der Waals surface area (Å²) in [6.45, 7) is -0.593. The van der Waals surface area contributed by atoms with Crippen LogP contribution in [0.1, 0.15) is 11.1 Å². The Morgan fingerprint density at radius 3 is 1.64 bits per heavy atom. The van der Waals surface area contributed by atoms with E-state index in [2.05, 4.69) is 31.0 Å². The summed E-state index contributed by atoms with van der Waals surface area (Å²) in [5.41, 5.74) is 6.16. The van der Waals surface area contributed by atoms with Crippen LogP contribution in [0.5, 0.6) is 0 Å². The van der Waals surface area contributed by atoms with E-state index in [9.17, 15) is 9.59 Å². The van der Waals surface area contributed by atoms with Crippen molar-refractivity contribution >= 4 is 24.2 Å².